The molecule has 21 heavy (non-hydrogen) atoms. The first-order chi connectivity index (χ1) is 9.86. The molecule has 1 aromatic carbocycles. The Morgan fingerprint density at radius 2 is 1.76 bits per heavy atom. The van der Waals surface area contributed by atoms with Gasteiger partial charge in [-0.3, -0.25) is 9.59 Å². The fraction of sp³-hybridized carbons (Fsp3) is 0.385. The van der Waals surface area contributed by atoms with E-state index < -0.39 is 16.0 Å². The van der Waals surface area contributed by atoms with Crippen molar-refractivity contribution in [3.05, 3.63) is 29.8 Å². The van der Waals surface area contributed by atoms with Crippen molar-refractivity contribution in [3.8, 4) is 0 Å². The number of sulfonamides is 1. The lowest BCUT2D eigenvalue weighted by Crippen LogP contribution is -2.25. The molecule has 0 saturated carbocycles. The summed E-state index contributed by atoms with van der Waals surface area (Å²) in [6, 6.07) is 5.56. The van der Waals surface area contributed by atoms with E-state index in [1.54, 1.807) is 0 Å². The Labute approximate surface area is 123 Å². The van der Waals surface area contributed by atoms with E-state index in [1.165, 1.54) is 31.3 Å². The molecule has 1 amide bonds. The van der Waals surface area contributed by atoms with Gasteiger partial charge in [0.25, 0.3) is 5.91 Å². The van der Waals surface area contributed by atoms with Crippen LogP contribution in [0.2, 0.25) is 0 Å². The molecular weight excluding hydrogens is 296 g/mol. The summed E-state index contributed by atoms with van der Waals surface area (Å²) in [7, 11) is -2.15. The predicted octanol–water partition coefficient (Wildman–Crippen LogP) is 0.579. The van der Waals surface area contributed by atoms with Gasteiger partial charge >= 0.3 is 5.97 Å². The van der Waals surface area contributed by atoms with Crippen molar-refractivity contribution in [3.63, 3.8) is 0 Å². The SMILES string of the molecule is CNC(=O)c1ccc(S(=O)(=O)NCCCCC(=O)O)cc1. The molecule has 1 aromatic rings. The van der Waals surface area contributed by atoms with Crippen LogP contribution in [0, 0.1) is 0 Å². The molecule has 0 heterocycles. The van der Waals surface area contributed by atoms with Crippen LogP contribution in [0.3, 0.4) is 0 Å². The molecule has 0 aromatic heterocycles. The highest BCUT2D eigenvalue weighted by Gasteiger charge is 2.14. The van der Waals surface area contributed by atoms with Gasteiger partial charge in [-0.25, -0.2) is 13.1 Å². The lowest BCUT2D eigenvalue weighted by Gasteiger charge is -2.07. The van der Waals surface area contributed by atoms with Crippen LogP contribution in [-0.4, -0.2) is 39.0 Å². The van der Waals surface area contributed by atoms with Gasteiger partial charge in [0.1, 0.15) is 0 Å². The first-order valence-corrected chi connectivity index (χ1v) is 7.89. The largest absolute Gasteiger partial charge is 0.481 e. The number of hydrogen-bond donors (Lipinski definition) is 3. The lowest BCUT2D eigenvalue weighted by molar-refractivity contribution is -0.137. The molecule has 3 N–H and O–H groups in total. The summed E-state index contributed by atoms with van der Waals surface area (Å²) < 4.78 is 26.3. The van der Waals surface area contributed by atoms with Crippen LogP contribution in [0.5, 0.6) is 0 Å². The molecule has 0 bridgehead atoms. The minimum Gasteiger partial charge on any atom is -0.481 e. The molecule has 0 spiro atoms. The highest BCUT2D eigenvalue weighted by molar-refractivity contribution is 7.89. The smallest absolute Gasteiger partial charge is 0.303 e. The normalized spacial score (nSPS) is 11.1. The fourth-order valence-corrected chi connectivity index (χ4v) is 2.70. The second kappa shape index (κ2) is 7.75. The van der Waals surface area contributed by atoms with Crippen molar-refractivity contribution in [1.82, 2.24) is 10.0 Å². The number of benzene rings is 1. The van der Waals surface area contributed by atoms with Crippen molar-refractivity contribution in [2.24, 2.45) is 0 Å². The van der Waals surface area contributed by atoms with E-state index in [0.717, 1.165) is 0 Å². The van der Waals surface area contributed by atoms with Crippen LogP contribution in [-0.2, 0) is 14.8 Å². The number of hydrogen-bond acceptors (Lipinski definition) is 4. The van der Waals surface area contributed by atoms with Crippen molar-refractivity contribution < 1.29 is 23.1 Å². The molecule has 0 aliphatic heterocycles. The average Bonchev–Trinajstić information content (AvgIpc) is 2.45. The van der Waals surface area contributed by atoms with Crippen molar-refractivity contribution in [2.45, 2.75) is 24.2 Å². The zero-order chi connectivity index (χ0) is 15.9. The number of carboxylic acid groups (broad SMARTS) is 1. The van der Waals surface area contributed by atoms with E-state index in [0.29, 0.717) is 18.4 Å². The third-order valence-corrected chi connectivity index (χ3v) is 4.24. The quantitative estimate of drug-likeness (QED) is 0.608. The van der Waals surface area contributed by atoms with Gasteiger partial charge in [0.05, 0.1) is 4.90 Å². The lowest BCUT2D eigenvalue weighted by atomic mass is 10.2. The number of carboxylic acids is 1. The third kappa shape index (κ3) is 5.52. The monoisotopic (exact) mass is 314 g/mol. The number of carbonyl (C=O) groups is 2. The van der Waals surface area contributed by atoms with Gasteiger partial charge in [-0.2, -0.15) is 0 Å². The Kier molecular flexibility index (Phi) is 6.32. The second-order valence-electron chi connectivity index (χ2n) is 4.35. The molecule has 116 valence electrons. The van der Waals surface area contributed by atoms with Crippen molar-refractivity contribution in [1.29, 1.82) is 0 Å². The molecule has 0 saturated heterocycles. The second-order valence-corrected chi connectivity index (χ2v) is 6.12. The topological polar surface area (TPSA) is 113 Å². The first kappa shape index (κ1) is 17.1. The maximum Gasteiger partial charge on any atom is 0.303 e. The molecule has 0 aliphatic rings. The molecular formula is C13H18N2O5S. The Morgan fingerprint density at radius 3 is 2.29 bits per heavy atom. The highest BCUT2D eigenvalue weighted by atomic mass is 32.2. The van der Waals surface area contributed by atoms with Gasteiger partial charge in [-0.1, -0.05) is 0 Å². The maximum absolute atomic E-state index is 12.0. The molecule has 7 nitrogen and oxygen atoms in total. The minimum atomic E-state index is -3.64. The van der Waals surface area contributed by atoms with Crippen LogP contribution in [0.15, 0.2) is 29.2 Å². The molecule has 0 atom stereocenters. The standard InChI is InChI=1S/C13H18N2O5S/c1-14-13(18)10-5-7-11(8-6-10)21(19,20)15-9-3-2-4-12(16)17/h5-8,15H,2-4,9H2,1H3,(H,14,18)(H,16,17). The summed E-state index contributed by atoms with van der Waals surface area (Å²) >= 11 is 0. The van der Waals surface area contributed by atoms with E-state index in [4.69, 9.17) is 5.11 Å². The van der Waals surface area contributed by atoms with Gasteiger partial charge in [0.15, 0.2) is 0 Å². The number of amides is 1. The number of unbranched alkanes of at least 4 members (excludes halogenated alkanes) is 1. The molecule has 0 aliphatic carbocycles. The Morgan fingerprint density at radius 1 is 1.14 bits per heavy atom. The zero-order valence-corrected chi connectivity index (χ0v) is 12.4. The summed E-state index contributed by atoms with van der Waals surface area (Å²) in [6.07, 6.45) is 0.873. The summed E-state index contributed by atoms with van der Waals surface area (Å²) in [5.74, 6) is -1.19. The third-order valence-electron chi connectivity index (χ3n) is 2.76. The highest BCUT2D eigenvalue weighted by Crippen LogP contribution is 2.10. The van der Waals surface area contributed by atoms with Gasteiger partial charge in [0.2, 0.25) is 10.0 Å². The van der Waals surface area contributed by atoms with Crippen LogP contribution in [0.25, 0.3) is 0 Å². The summed E-state index contributed by atoms with van der Waals surface area (Å²) in [6.45, 7) is 0.173. The number of rotatable bonds is 8. The van der Waals surface area contributed by atoms with Gasteiger partial charge < -0.3 is 10.4 Å². The number of carbonyl (C=O) groups excluding carboxylic acids is 1. The van der Waals surface area contributed by atoms with Gasteiger partial charge in [-0.15, -0.1) is 0 Å². The summed E-state index contributed by atoms with van der Waals surface area (Å²) in [5, 5.41) is 10.9. The van der Waals surface area contributed by atoms with Crippen LogP contribution in [0.4, 0.5) is 0 Å². The first-order valence-electron chi connectivity index (χ1n) is 6.40. The number of nitrogens with one attached hydrogen (secondary N) is 2. The summed E-state index contributed by atoms with van der Waals surface area (Å²) in [5.41, 5.74) is 0.373. The predicted molar refractivity (Wildman–Crippen MR) is 76.5 cm³/mol. The van der Waals surface area contributed by atoms with Crippen LogP contribution >= 0.6 is 0 Å². The average molecular weight is 314 g/mol. The van der Waals surface area contributed by atoms with E-state index >= 15 is 0 Å². The molecule has 0 unspecified atom stereocenters. The van der Waals surface area contributed by atoms with E-state index in [-0.39, 0.29) is 23.8 Å². The molecule has 0 radical (unpaired) electrons. The summed E-state index contributed by atoms with van der Waals surface area (Å²) in [4.78, 5) is 21.7. The Balaban J connectivity index is 2.58. The van der Waals surface area contributed by atoms with Crippen molar-refractivity contribution >= 4 is 21.9 Å². The van der Waals surface area contributed by atoms with Gasteiger partial charge in [0, 0.05) is 25.6 Å². The molecule has 0 fully saturated rings. The van der Waals surface area contributed by atoms with Gasteiger partial charge in [-0.05, 0) is 37.1 Å². The van der Waals surface area contributed by atoms with E-state index in [9.17, 15) is 18.0 Å². The maximum atomic E-state index is 12.0. The van der Waals surface area contributed by atoms with E-state index in [1.807, 2.05) is 0 Å². The molecule has 1 rings (SSSR count). The van der Waals surface area contributed by atoms with Crippen LogP contribution < -0.4 is 10.0 Å². The molecule has 8 heteroatoms. The van der Waals surface area contributed by atoms with E-state index in [2.05, 4.69) is 10.0 Å². The fourth-order valence-electron chi connectivity index (χ4n) is 1.62. The zero-order valence-electron chi connectivity index (χ0n) is 11.6. The van der Waals surface area contributed by atoms with Crippen LogP contribution in [0.1, 0.15) is 29.6 Å². The number of aliphatic carboxylic acids is 1. The van der Waals surface area contributed by atoms with Crippen molar-refractivity contribution in [2.75, 3.05) is 13.6 Å². The minimum absolute atomic E-state index is 0.0164. The Hall–Kier alpha value is -1.93. The Bertz CT molecular complexity index is 595.